The molecule has 1 atom stereocenters. The number of hydrogen-bond acceptors (Lipinski definition) is 8. The summed E-state index contributed by atoms with van der Waals surface area (Å²) < 4.78 is 5.40. The lowest BCUT2D eigenvalue weighted by molar-refractivity contribution is -0.152. The number of carbonyl (C=O) groups excluding carboxylic acids is 2. The highest BCUT2D eigenvalue weighted by Crippen LogP contribution is 2.35. The Balaban J connectivity index is 1.86. The first-order valence-electron chi connectivity index (χ1n) is 7.36. The largest absolute Gasteiger partial charge is 0.392 e. The summed E-state index contributed by atoms with van der Waals surface area (Å²) in [6.07, 6.45) is 3.19. The fraction of sp³-hybridized carbons (Fsp3) is 0.267. The molecule has 4 rings (SSSR count). The molecule has 0 spiro atoms. The molecule has 2 aliphatic heterocycles. The number of hydrogen-bond donors (Lipinski definition) is 1. The van der Waals surface area contributed by atoms with Gasteiger partial charge in [0.15, 0.2) is 5.96 Å². The molecule has 0 saturated carbocycles. The minimum absolute atomic E-state index is 0.0233. The summed E-state index contributed by atoms with van der Waals surface area (Å²) >= 11 is 3.55. The summed E-state index contributed by atoms with van der Waals surface area (Å²) in [6, 6.07) is 2.87. The fourth-order valence-electron chi connectivity index (χ4n) is 2.81. The summed E-state index contributed by atoms with van der Waals surface area (Å²) in [5.74, 6) is -0.580. The van der Waals surface area contributed by atoms with Crippen LogP contribution in [0.15, 0.2) is 34.0 Å². The zero-order valence-corrected chi connectivity index (χ0v) is 14.0. The van der Waals surface area contributed by atoms with Gasteiger partial charge in [0, 0.05) is 18.9 Å². The molecule has 2 aromatic rings. The van der Waals surface area contributed by atoms with E-state index in [1.807, 2.05) is 12.1 Å². The molecule has 3 heterocycles. The number of guanidine groups is 1. The second kappa shape index (κ2) is 5.82. The first kappa shape index (κ1) is 15.0. The summed E-state index contributed by atoms with van der Waals surface area (Å²) in [6.45, 7) is 1.28. The lowest BCUT2D eigenvalue weighted by Crippen LogP contribution is -2.48. The summed E-state index contributed by atoms with van der Waals surface area (Å²) in [5.41, 5.74) is 2.06. The highest BCUT2D eigenvalue weighted by Gasteiger charge is 2.41. The minimum Gasteiger partial charge on any atom is -0.392 e. The third kappa shape index (κ3) is 2.41. The van der Waals surface area contributed by atoms with E-state index in [1.54, 1.807) is 17.3 Å². The summed E-state index contributed by atoms with van der Waals surface area (Å²) in [7, 11) is 0. The van der Waals surface area contributed by atoms with Crippen molar-refractivity contribution in [1.82, 2.24) is 15.3 Å². The van der Waals surface area contributed by atoms with Crippen LogP contribution in [0, 0.1) is 0 Å². The Morgan fingerprint density at radius 3 is 2.79 bits per heavy atom. The molecule has 2 aliphatic rings. The minimum atomic E-state index is -0.757. The van der Waals surface area contributed by atoms with Crippen LogP contribution in [0.25, 0.3) is 11.0 Å². The van der Waals surface area contributed by atoms with Crippen molar-refractivity contribution >= 4 is 50.5 Å². The SMILES string of the molecule is O=C1CC(N(C2=NCCN2)c2ccc3nccnc3c2Br)C(=O)O1. The zero-order valence-electron chi connectivity index (χ0n) is 12.4. The molecule has 0 bridgehead atoms. The van der Waals surface area contributed by atoms with Crippen molar-refractivity contribution in [2.24, 2.45) is 4.99 Å². The van der Waals surface area contributed by atoms with Gasteiger partial charge in [0.25, 0.3) is 0 Å². The Kier molecular flexibility index (Phi) is 3.64. The molecule has 9 heteroatoms. The Morgan fingerprint density at radius 1 is 1.25 bits per heavy atom. The van der Waals surface area contributed by atoms with Crippen LogP contribution >= 0.6 is 15.9 Å². The van der Waals surface area contributed by atoms with Gasteiger partial charge in [-0.15, -0.1) is 0 Å². The highest BCUT2D eigenvalue weighted by molar-refractivity contribution is 9.10. The lowest BCUT2D eigenvalue weighted by Gasteiger charge is -2.28. The molecule has 0 amide bonds. The number of halogens is 1. The van der Waals surface area contributed by atoms with Gasteiger partial charge < -0.3 is 10.1 Å². The quantitative estimate of drug-likeness (QED) is 0.604. The molecule has 1 saturated heterocycles. The number of nitrogens with one attached hydrogen (secondary N) is 1. The van der Waals surface area contributed by atoms with E-state index in [-0.39, 0.29) is 6.42 Å². The number of aromatic nitrogens is 2. The predicted octanol–water partition coefficient (Wildman–Crippen LogP) is 1.000. The van der Waals surface area contributed by atoms with E-state index in [1.165, 1.54) is 0 Å². The van der Waals surface area contributed by atoms with E-state index in [0.29, 0.717) is 34.7 Å². The van der Waals surface area contributed by atoms with Crippen molar-refractivity contribution in [3.63, 3.8) is 0 Å². The van der Waals surface area contributed by atoms with Gasteiger partial charge in [-0.3, -0.25) is 24.7 Å². The van der Waals surface area contributed by atoms with Gasteiger partial charge >= 0.3 is 11.9 Å². The molecule has 1 unspecified atom stereocenters. The Hall–Kier alpha value is -2.55. The van der Waals surface area contributed by atoms with E-state index in [0.717, 1.165) is 5.52 Å². The van der Waals surface area contributed by atoms with Crippen LogP contribution in [0.3, 0.4) is 0 Å². The van der Waals surface area contributed by atoms with Gasteiger partial charge in [0.05, 0.1) is 28.6 Å². The van der Waals surface area contributed by atoms with Gasteiger partial charge in [-0.25, -0.2) is 4.79 Å². The molecule has 1 aromatic heterocycles. The smallest absolute Gasteiger partial charge is 0.337 e. The topological polar surface area (TPSA) is 96.8 Å². The maximum Gasteiger partial charge on any atom is 0.337 e. The first-order valence-corrected chi connectivity index (χ1v) is 8.16. The Labute approximate surface area is 145 Å². The molecular weight excluding hydrogens is 378 g/mol. The van der Waals surface area contributed by atoms with E-state index in [9.17, 15) is 9.59 Å². The van der Waals surface area contributed by atoms with Crippen LogP contribution < -0.4 is 10.2 Å². The average molecular weight is 390 g/mol. The van der Waals surface area contributed by atoms with Crippen LogP contribution in [0.4, 0.5) is 5.69 Å². The second-order valence-electron chi connectivity index (χ2n) is 5.34. The number of ether oxygens (including phenoxy) is 1. The number of cyclic esters (lactones) is 2. The molecule has 0 aliphatic carbocycles. The molecule has 8 nitrogen and oxygen atoms in total. The van der Waals surface area contributed by atoms with Gasteiger partial charge in [0.1, 0.15) is 11.6 Å². The van der Waals surface area contributed by atoms with Gasteiger partial charge in [-0.05, 0) is 28.1 Å². The van der Waals surface area contributed by atoms with Gasteiger partial charge in [-0.1, -0.05) is 0 Å². The molecule has 1 N–H and O–H groups in total. The van der Waals surface area contributed by atoms with E-state index in [2.05, 4.69) is 36.2 Å². The molecular formula is C15H12BrN5O3. The molecule has 1 aromatic carbocycles. The Bertz CT molecular complexity index is 885. The van der Waals surface area contributed by atoms with Crippen molar-refractivity contribution in [1.29, 1.82) is 0 Å². The average Bonchev–Trinajstić information content (AvgIpc) is 3.21. The van der Waals surface area contributed by atoms with Crippen molar-refractivity contribution in [3.05, 3.63) is 29.0 Å². The predicted molar refractivity (Wildman–Crippen MR) is 89.5 cm³/mol. The van der Waals surface area contributed by atoms with Gasteiger partial charge in [0.2, 0.25) is 0 Å². The monoisotopic (exact) mass is 389 g/mol. The van der Waals surface area contributed by atoms with Crippen LogP contribution in [0.1, 0.15) is 6.42 Å². The number of fused-ring (bicyclic) bond motifs is 1. The van der Waals surface area contributed by atoms with Crippen molar-refractivity contribution in [2.45, 2.75) is 12.5 Å². The number of carbonyl (C=O) groups is 2. The molecule has 122 valence electrons. The van der Waals surface area contributed by atoms with E-state index < -0.39 is 18.0 Å². The third-order valence-corrected chi connectivity index (χ3v) is 4.64. The first-order chi connectivity index (χ1) is 11.6. The van der Waals surface area contributed by atoms with Gasteiger partial charge in [-0.2, -0.15) is 0 Å². The zero-order chi connectivity index (χ0) is 16.7. The summed E-state index contributed by atoms with van der Waals surface area (Å²) in [5, 5.41) is 3.14. The molecule has 24 heavy (non-hydrogen) atoms. The van der Waals surface area contributed by atoms with Crippen molar-refractivity contribution in [2.75, 3.05) is 18.0 Å². The van der Waals surface area contributed by atoms with Crippen molar-refractivity contribution < 1.29 is 14.3 Å². The number of benzene rings is 1. The fourth-order valence-corrected chi connectivity index (χ4v) is 3.44. The maximum absolute atomic E-state index is 12.1. The second-order valence-corrected chi connectivity index (χ2v) is 6.13. The normalized spacial score (nSPS) is 20.0. The lowest BCUT2D eigenvalue weighted by atomic mass is 10.1. The number of aliphatic imine (C=N–C) groups is 1. The number of esters is 2. The summed E-state index contributed by atoms with van der Waals surface area (Å²) in [4.78, 5) is 38.3. The highest BCUT2D eigenvalue weighted by atomic mass is 79.9. The Morgan fingerprint density at radius 2 is 2.08 bits per heavy atom. The van der Waals surface area contributed by atoms with E-state index in [4.69, 9.17) is 4.74 Å². The molecule has 0 radical (unpaired) electrons. The van der Waals surface area contributed by atoms with Crippen LogP contribution in [-0.4, -0.2) is 47.0 Å². The third-order valence-electron chi connectivity index (χ3n) is 3.86. The van der Waals surface area contributed by atoms with Crippen LogP contribution in [0.2, 0.25) is 0 Å². The molecule has 1 fully saturated rings. The number of rotatable bonds is 2. The van der Waals surface area contributed by atoms with Crippen LogP contribution in [-0.2, 0) is 14.3 Å². The standard InChI is InChI=1S/C15H12BrN5O3/c16-12-9(2-1-8-13(12)18-4-3-17-8)21(15-19-5-6-20-15)10-7-11(22)24-14(10)23/h1-4,10H,5-7H2,(H,19,20). The maximum atomic E-state index is 12.1. The number of nitrogens with zero attached hydrogens (tertiary/aromatic N) is 4. The van der Waals surface area contributed by atoms with Crippen LogP contribution in [0.5, 0.6) is 0 Å². The number of anilines is 1. The van der Waals surface area contributed by atoms with Crippen molar-refractivity contribution in [3.8, 4) is 0 Å². The van der Waals surface area contributed by atoms with E-state index >= 15 is 0 Å².